The standard InChI is InChI=1S/C13H19BrFN3O/c1-13(2,18(3)4)7-17-12(19)8-5-11(16)10(15)6-9(8)14/h5-6H,7,16H2,1-4H3,(H,17,19). The van der Waals surface area contributed by atoms with Gasteiger partial charge in [-0.05, 0) is 56.0 Å². The van der Waals surface area contributed by atoms with Crippen molar-refractivity contribution in [1.82, 2.24) is 10.2 Å². The van der Waals surface area contributed by atoms with E-state index in [9.17, 15) is 9.18 Å². The average molecular weight is 332 g/mol. The summed E-state index contributed by atoms with van der Waals surface area (Å²) in [5.41, 5.74) is 5.59. The number of nitrogens with two attached hydrogens (primary N) is 1. The molecule has 0 aromatic heterocycles. The number of carbonyl (C=O) groups is 1. The summed E-state index contributed by atoms with van der Waals surface area (Å²) in [6, 6.07) is 2.53. The maximum atomic E-state index is 13.2. The first-order valence-electron chi connectivity index (χ1n) is 5.85. The number of benzene rings is 1. The third-order valence-electron chi connectivity index (χ3n) is 3.22. The smallest absolute Gasteiger partial charge is 0.252 e. The number of nitrogens with one attached hydrogen (secondary N) is 1. The minimum absolute atomic E-state index is 0.0415. The Hall–Kier alpha value is -1.14. The monoisotopic (exact) mass is 331 g/mol. The van der Waals surface area contributed by atoms with E-state index < -0.39 is 5.82 Å². The third kappa shape index (κ3) is 3.91. The lowest BCUT2D eigenvalue weighted by molar-refractivity contribution is 0.0919. The Kier molecular flexibility index (Phi) is 4.92. The summed E-state index contributed by atoms with van der Waals surface area (Å²) in [7, 11) is 3.88. The van der Waals surface area contributed by atoms with Crippen LogP contribution in [0.1, 0.15) is 24.2 Å². The van der Waals surface area contributed by atoms with Gasteiger partial charge in [-0.3, -0.25) is 4.79 Å². The number of anilines is 1. The molecule has 6 heteroatoms. The molecule has 1 rings (SSSR count). The number of rotatable bonds is 4. The van der Waals surface area contributed by atoms with Crippen LogP contribution in [0, 0.1) is 5.82 Å². The van der Waals surface area contributed by atoms with Crippen LogP contribution in [0.4, 0.5) is 10.1 Å². The summed E-state index contributed by atoms with van der Waals surface area (Å²) >= 11 is 3.16. The lowest BCUT2D eigenvalue weighted by Gasteiger charge is -2.32. The van der Waals surface area contributed by atoms with Gasteiger partial charge < -0.3 is 16.0 Å². The van der Waals surface area contributed by atoms with Gasteiger partial charge in [0.2, 0.25) is 0 Å². The molecule has 0 saturated carbocycles. The second-order valence-electron chi connectivity index (χ2n) is 5.24. The lowest BCUT2D eigenvalue weighted by atomic mass is 10.0. The van der Waals surface area contributed by atoms with Crippen molar-refractivity contribution in [3.63, 3.8) is 0 Å². The number of hydrogen-bond donors (Lipinski definition) is 2. The second-order valence-corrected chi connectivity index (χ2v) is 6.10. The van der Waals surface area contributed by atoms with Gasteiger partial charge in [0.15, 0.2) is 0 Å². The Morgan fingerprint density at radius 2 is 2.05 bits per heavy atom. The molecule has 0 aliphatic rings. The molecule has 1 aromatic rings. The van der Waals surface area contributed by atoms with Crippen molar-refractivity contribution in [3.8, 4) is 0 Å². The van der Waals surface area contributed by atoms with Crippen LogP contribution in [0.2, 0.25) is 0 Å². The van der Waals surface area contributed by atoms with E-state index in [0.29, 0.717) is 16.6 Å². The molecule has 19 heavy (non-hydrogen) atoms. The molecule has 0 atom stereocenters. The fraction of sp³-hybridized carbons (Fsp3) is 0.462. The summed E-state index contributed by atoms with van der Waals surface area (Å²) in [6.07, 6.45) is 0. The van der Waals surface area contributed by atoms with Crippen LogP contribution in [0.3, 0.4) is 0 Å². The Labute approximate surface area is 121 Å². The number of likely N-dealkylation sites (N-methyl/N-ethyl adjacent to an activating group) is 1. The lowest BCUT2D eigenvalue weighted by Crippen LogP contribution is -2.48. The molecule has 0 radical (unpaired) electrons. The Bertz CT molecular complexity index is 489. The molecule has 1 aromatic carbocycles. The molecule has 0 spiro atoms. The zero-order chi connectivity index (χ0) is 14.8. The molecule has 1 amide bonds. The highest BCUT2D eigenvalue weighted by atomic mass is 79.9. The van der Waals surface area contributed by atoms with E-state index >= 15 is 0 Å². The van der Waals surface area contributed by atoms with Crippen LogP contribution < -0.4 is 11.1 Å². The van der Waals surface area contributed by atoms with Crippen molar-refractivity contribution in [2.24, 2.45) is 0 Å². The van der Waals surface area contributed by atoms with Crippen molar-refractivity contribution in [2.75, 3.05) is 26.4 Å². The normalized spacial score (nSPS) is 11.7. The van der Waals surface area contributed by atoms with E-state index in [4.69, 9.17) is 5.73 Å². The zero-order valence-corrected chi connectivity index (χ0v) is 13.1. The zero-order valence-electron chi connectivity index (χ0n) is 11.6. The van der Waals surface area contributed by atoms with Gasteiger partial charge in [-0.15, -0.1) is 0 Å². The summed E-state index contributed by atoms with van der Waals surface area (Å²) < 4.78 is 13.6. The summed E-state index contributed by atoms with van der Waals surface area (Å²) in [6.45, 7) is 4.51. The average Bonchev–Trinajstić information content (AvgIpc) is 2.30. The number of hydrogen-bond acceptors (Lipinski definition) is 3. The molecule has 0 fully saturated rings. The van der Waals surface area contributed by atoms with Crippen molar-refractivity contribution in [3.05, 3.63) is 28.0 Å². The van der Waals surface area contributed by atoms with E-state index in [0.717, 1.165) is 0 Å². The Balaban J connectivity index is 2.83. The SMILES string of the molecule is CN(C)C(C)(C)CNC(=O)c1cc(N)c(F)cc1Br. The van der Waals surface area contributed by atoms with Crippen LogP contribution in [0.25, 0.3) is 0 Å². The first-order valence-corrected chi connectivity index (χ1v) is 6.64. The molecular formula is C13H19BrFN3O. The van der Waals surface area contributed by atoms with E-state index in [1.165, 1.54) is 12.1 Å². The second kappa shape index (κ2) is 5.88. The van der Waals surface area contributed by atoms with Gasteiger partial charge in [-0.1, -0.05) is 0 Å². The van der Waals surface area contributed by atoms with Gasteiger partial charge >= 0.3 is 0 Å². The molecule has 0 saturated heterocycles. The third-order valence-corrected chi connectivity index (χ3v) is 3.88. The van der Waals surface area contributed by atoms with Gasteiger partial charge in [0.25, 0.3) is 5.91 Å². The van der Waals surface area contributed by atoms with Crippen LogP contribution >= 0.6 is 15.9 Å². The quantitative estimate of drug-likeness (QED) is 0.832. The molecule has 3 N–H and O–H groups in total. The summed E-state index contributed by atoms with van der Waals surface area (Å²) in [4.78, 5) is 14.1. The van der Waals surface area contributed by atoms with Crippen LogP contribution in [0.5, 0.6) is 0 Å². The van der Waals surface area contributed by atoms with E-state index in [1.807, 2.05) is 32.8 Å². The maximum Gasteiger partial charge on any atom is 0.252 e. The Morgan fingerprint density at radius 3 is 2.58 bits per heavy atom. The number of carbonyl (C=O) groups excluding carboxylic acids is 1. The van der Waals surface area contributed by atoms with Crippen molar-refractivity contribution in [1.29, 1.82) is 0 Å². The minimum Gasteiger partial charge on any atom is -0.396 e. The van der Waals surface area contributed by atoms with Crippen LogP contribution in [0.15, 0.2) is 16.6 Å². The number of halogens is 2. The van der Waals surface area contributed by atoms with E-state index in [-0.39, 0.29) is 17.1 Å². The predicted octanol–water partition coefficient (Wildman–Crippen LogP) is 2.24. The molecule has 0 aliphatic heterocycles. The van der Waals surface area contributed by atoms with Crippen molar-refractivity contribution >= 4 is 27.5 Å². The van der Waals surface area contributed by atoms with Gasteiger partial charge in [0.05, 0.1) is 11.3 Å². The number of nitrogens with zero attached hydrogens (tertiary/aromatic N) is 1. The van der Waals surface area contributed by atoms with Crippen LogP contribution in [-0.2, 0) is 0 Å². The largest absolute Gasteiger partial charge is 0.396 e. The highest BCUT2D eigenvalue weighted by Gasteiger charge is 2.22. The van der Waals surface area contributed by atoms with Gasteiger partial charge in [0, 0.05) is 16.6 Å². The summed E-state index contributed by atoms with van der Waals surface area (Å²) in [5, 5.41) is 2.82. The van der Waals surface area contributed by atoms with Gasteiger partial charge in [-0.25, -0.2) is 4.39 Å². The van der Waals surface area contributed by atoms with Crippen molar-refractivity contribution < 1.29 is 9.18 Å². The molecule has 0 unspecified atom stereocenters. The van der Waals surface area contributed by atoms with Crippen molar-refractivity contribution in [2.45, 2.75) is 19.4 Å². The molecule has 4 nitrogen and oxygen atoms in total. The maximum absolute atomic E-state index is 13.2. The topological polar surface area (TPSA) is 58.4 Å². The first-order chi connectivity index (χ1) is 8.65. The van der Waals surface area contributed by atoms with Gasteiger partial charge in [-0.2, -0.15) is 0 Å². The van der Waals surface area contributed by atoms with E-state index in [2.05, 4.69) is 21.2 Å². The predicted molar refractivity (Wildman–Crippen MR) is 78.6 cm³/mol. The highest BCUT2D eigenvalue weighted by molar-refractivity contribution is 9.10. The fourth-order valence-electron chi connectivity index (χ4n) is 1.29. The Morgan fingerprint density at radius 1 is 1.47 bits per heavy atom. The molecule has 0 heterocycles. The number of amides is 1. The fourth-order valence-corrected chi connectivity index (χ4v) is 1.79. The molecule has 106 valence electrons. The van der Waals surface area contributed by atoms with Crippen LogP contribution in [-0.4, -0.2) is 37.0 Å². The summed E-state index contributed by atoms with van der Waals surface area (Å²) in [5.74, 6) is -0.828. The number of nitrogen functional groups attached to an aromatic ring is 1. The molecular weight excluding hydrogens is 313 g/mol. The highest BCUT2D eigenvalue weighted by Crippen LogP contribution is 2.23. The molecule has 0 aliphatic carbocycles. The first kappa shape index (κ1) is 15.9. The van der Waals surface area contributed by atoms with E-state index in [1.54, 1.807) is 0 Å². The molecule has 0 bridgehead atoms. The minimum atomic E-state index is -0.544. The van der Waals surface area contributed by atoms with Gasteiger partial charge in [0.1, 0.15) is 5.82 Å².